The Hall–Kier alpha value is -2.56. The molecule has 2 N–H and O–H groups in total. The molecule has 0 aliphatic heterocycles. The van der Waals surface area contributed by atoms with Gasteiger partial charge in [-0.05, 0) is 43.2 Å². The maximum Gasteiger partial charge on any atom is 0.235 e. The van der Waals surface area contributed by atoms with Crippen molar-refractivity contribution in [2.45, 2.75) is 44.7 Å². The predicted octanol–water partition coefficient (Wildman–Crippen LogP) is 5.10. The van der Waals surface area contributed by atoms with Crippen molar-refractivity contribution in [1.29, 1.82) is 5.26 Å². The fourth-order valence-corrected chi connectivity index (χ4v) is 5.87. The molecular weight excluding hydrogens is 412 g/mol. The molecule has 1 amide bonds. The number of nitriles is 1. The quantitative estimate of drug-likeness (QED) is 0.527. The van der Waals surface area contributed by atoms with Crippen LogP contribution in [0, 0.1) is 24.2 Å². The van der Waals surface area contributed by atoms with Crippen molar-refractivity contribution >= 4 is 34.0 Å². The molecule has 5 nitrogen and oxygen atoms in total. The lowest BCUT2D eigenvalue weighted by molar-refractivity contribution is -0.113. The third-order valence-electron chi connectivity index (χ3n) is 5.39. The zero-order chi connectivity index (χ0) is 21.1. The number of thiophene rings is 1. The smallest absolute Gasteiger partial charge is 0.235 e. The van der Waals surface area contributed by atoms with Crippen LogP contribution in [0.2, 0.25) is 0 Å². The van der Waals surface area contributed by atoms with Crippen LogP contribution in [0.15, 0.2) is 35.5 Å². The molecule has 0 saturated heterocycles. The molecule has 0 unspecified atom stereocenters. The number of hydrogen-bond acceptors (Lipinski definition) is 5. The molecule has 1 aliphatic carbocycles. The summed E-state index contributed by atoms with van der Waals surface area (Å²) < 4.78 is 0. The number of nitrogens with one attached hydrogen (secondary N) is 2. The first-order chi connectivity index (χ1) is 14.5. The van der Waals surface area contributed by atoms with Gasteiger partial charge >= 0.3 is 0 Å². The van der Waals surface area contributed by atoms with Gasteiger partial charge in [-0.2, -0.15) is 5.26 Å². The van der Waals surface area contributed by atoms with E-state index in [0.717, 1.165) is 47.8 Å². The SMILES string of the molecule is Cc1[nH]c(SCC(=O)Nc2sc3c(c2C#N)CC[C@@H](C)C3)nc1Cc1ccccc1. The summed E-state index contributed by atoms with van der Waals surface area (Å²) in [4.78, 5) is 21.7. The molecule has 2 heterocycles. The van der Waals surface area contributed by atoms with Crippen LogP contribution in [0.3, 0.4) is 0 Å². The summed E-state index contributed by atoms with van der Waals surface area (Å²) in [6.07, 6.45) is 3.79. The lowest BCUT2D eigenvalue weighted by Crippen LogP contribution is -2.14. The lowest BCUT2D eigenvalue weighted by Gasteiger charge is -2.17. The van der Waals surface area contributed by atoms with Crippen molar-refractivity contribution < 1.29 is 4.79 Å². The zero-order valence-electron chi connectivity index (χ0n) is 17.1. The maximum absolute atomic E-state index is 12.5. The number of benzene rings is 1. The topological polar surface area (TPSA) is 81.6 Å². The first-order valence-electron chi connectivity index (χ1n) is 10.1. The van der Waals surface area contributed by atoms with E-state index in [0.29, 0.717) is 16.5 Å². The van der Waals surface area contributed by atoms with Gasteiger partial charge in [0, 0.05) is 17.0 Å². The number of fused-ring (bicyclic) bond motifs is 1. The van der Waals surface area contributed by atoms with Crippen molar-refractivity contribution in [3.05, 3.63) is 63.3 Å². The Labute approximate surface area is 184 Å². The molecular formula is C23H24N4OS2. The molecule has 0 spiro atoms. The van der Waals surface area contributed by atoms with E-state index in [9.17, 15) is 10.1 Å². The average molecular weight is 437 g/mol. The summed E-state index contributed by atoms with van der Waals surface area (Å²) in [5.41, 5.74) is 5.01. The number of imidazole rings is 1. The molecule has 154 valence electrons. The van der Waals surface area contributed by atoms with Gasteiger partial charge in [0.25, 0.3) is 0 Å². The van der Waals surface area contributed by atoms with Crippen LogP contribution in [-0.4, -0.2) is 21.6 Å². The third-order valence-corrected chi connectivity index (χ3v) is 7.44. The van der Waals surface area contributed by atoms with Crippen molar-refractivity contribution in [1.82, 2.24) is 9.97 Å². The summed E-state index contributed by atoms with van der Waals surface area (Å²) in [6.45, 7) is 4.24. The Morgan fingerprint density at radius 3 is 2.97 bits per heavy atom. The molecule has 2 aromatic heterocycles. The Morgan fingerprint density at radius 1 is 1.40 bits per heavy atom. The highest BCUT2D eigenvalue weighted by Crippen LogP contribution is 2.39. The van der Waals surface area contributed by atoms with Crippen LogP contribution in [0.4, 0.5) is 5.00 Å². The first kappa shape index (κ1) is 20.7. The highest BCUT2D eigenvalue weighted by Gasteiger charge is 2.24. The van der Waals surface area contributed by atoms with E-state index in [1.54, 1.807) is 11.3 Å². The number of hydrogen-bond donors (Lipinski definition) is 2. The number of rotatable bonds is 6. The fourth-order valence-electron chi connectivity index (χ4n) is 3.75. The number of H-pyrrole nitrogens is 1. The maximum atomic E-state index is 12.5. The molecule has 3 aromatic rings. The predicted molar refractivity (Wildman–Crippen MR) is 122 cm³/mol. The van der Waals surface area contributed by atoms with Crippen LogP contribution in [0.5, 0.6) is 0 Å². The molecule has 0 radical (unpaired) electrons. The highest BCUT2D eigenvalue weighted by molar-refractivity contribution is 7.99. The third kappa shape index (κ3) is 4.61. The van der Waals surface area contributed by atoms with Crippen LogP contribution in [0.25, 0.3) is 0 Å². The van der Waals surface area contributed by atoms with Crippen molar-refractivity contribution in [3.8, 4) is 6.07 Å². The largest absolute Gasteiger partial charge is 0.337 e. The molecule has 1 atom stereocenters. The van der Waals surface area contributed by atoms with Crippen LogP contribution in [0.1, 0.15) is 46.3 Å². The second-order valence-electron chi connectivity index (χ2n) is 7.78. The van der Waals surface area contributed by atoms with Crippen LogP contribution >= 0.6 is 23.1 Å². The number of aromatic amines is 1. The van der Waals surface area contributed by atoms with Gasteiger partial charge in [0.05, 0.1) is 17.0 Å². The molecule has 4 rings (SSSR count). The van der Waals surface area contributed by atoms with E-state index in [4.69, 9.17) is 0 Å². The molecule has 7 heteroatoms. The summed E-state index contributed by atoms with van der Waals surface area (Å²) in [5.74, 6) is 0.776. The number of nitrogens with zero attached hydrogens (tertiary/aromatic N) is 2. The molecule has 1 aliphatic rings. The van der Waals surface area contributed by atoms with E-state index in [1.165, 1.54) is 22.2 Å². The molecule has 0 bridgehead atoms. The average Bonchev–Trinajstić information content (AvgIpc) is 3.25. The summed E-state index contributed by atoms with van der Waals surface area (Å²) in [5, 5.41) is 14.0. The summed E-state index contributed by atoms with van der Waals surface area (Å²) in [6, 6.07) is 12.5. The van der Waals surface area contributed by atoms with Gasteiger partial charge in [0.2, 0.25) is 5.91 Å². The Morgan fingerprint density at radius 2 is 2.20 bits per heavy atom. The number of aryl methyl sites for hydroxylation is 1. The van der Waals surface area contributed by atoms with Crippen molar-refractivity contribution in [3.63, 3.8) is 0 Å². The van der Waals surface area contributed by atoms with Crippen LogP contribution < -0.4 is 5.32 Å². The Kier molecular flexibility index (Phi) is 6.26. The summed E-state index contributed by atoms with van der Waals surface area (Å²) >= 11 is 2.95. The van der Waals surface area contributed by atoms with E-state index in [2.05, 4.69) is 40.4 Å². The van der Waals surface area contributed by atoms with E-state index >= 15 is 0 Å². The second kappa shape index (κ2) is 9.07. The number of thioether (sulfide) groups is 1. The molecule has 30 heavy (non-hydrogen) atoms. The summed E-state index contributed by atoms with van der Waals surface area (Å²) in [7, 11) is 0. The molecule has 0 saturated carbocycles. The van der Waals surface area contributed by atoms with E-state index in [-0.39, 0.29) is 11.7 Å². The van der Waals surface area contributed by atoms with Gasteiger partial charge in [-0.15, -0.1) is 11.3 Å². The van der Waals surface area contributed by atoms with Gasteiger partial charge in [-0.25, -0.2) is 4.98 Å². The van der Waals surface area contributed by atoms with Gasteiger partial charge in [0.15, 0.2) is 5.16 Å². The standard InChI is InChI=1S/C23H24N4OS2/c1-14-8-9-17-18(12-24)22(30-20(17)10-14)27-21(28)13-29-23-25-15(2)19(26-23)11-16-6-4-3-5-7-16/h3-7,14H,8-11,13H2,1-2H3,(H,25,26)(H,27,28)/t14-/m1/s1. The highest BCUT2D eigenvalue weighted by atomic mass is 32.2. The monoisotopic (exact) mass is 436 g/mol. The number of carbonyl (C=O) groups is 1. The van der Waals surface area contributed by atoms with Gasteiger partial charge < -0.3 is 10.3 Å². The fraction of sp³-hybridized carbons (Fsp3) is 0.348. The minimum absolute atomic E-state index is 0.109. The molecule has 1 aromatic carbocycles. The van der Waals surface area contributed by atoms with Gasteiger partial charge in [-0.1, -0.05) is 49.0 Å². The van der Waals surface area contributed by atoms with Gasteiger partial charge in [0.1, 0.15) is 11.1 Å². The van der Waals surface area contributed by atoms with E-state index < -0.39 is 0 Å². The Bertz CT molecular complexity index is 1090. The molecule has 0 fully saturated rings. The Balaban J connectivity index is 1.38. The second-order valence-corrected chi connectivity index (χ2v) is 9.85. The number of amides is 1. The minimum Gasteiger partial charge on any atom is -0.337 e. The van der Waals surface area contributed by atoms with Crippen molar-refractivity contribution in [2.75, 3.05) is 11.1 Å². The van der Waals surface area contributed by atoms with E-state index in [1.807, 2.05) is 25.1 Å². The first-order valence-corrected chi connectivity index (χ1v) is 11.9. The minimum atomic E-state index is -0.109. The number of carbonyl (C=O) groups excluding carboxylic acids is 1. The van der Waals surface area contributed by atoms with Gasteiger partial charge in [-0.3, -0.25) is 4.79 Å². The van der Waals surface area contributed by atoms with Crippen molar-refractivity contribution in [2.24, 2.45) is 5.92 Å². The lowest BCUT2D eigenvalue weighted by atomic mass is 9.89. The van der Waals surface area contributed by atoms with Crippen LogP contribution in [-0.2, 0) is 24.1 Å². The number of aromatic nitrogens is 2. The number of anilines is 1. The zero-order valence-corrected chi connectivity index (χ0v) is 18.8. The normalized spacial score (nSPS) is 15.4.